The van der Waals surface area contributed by atoms with Gasteiger partial charge in [0.25, 0.3) is 5.91 Å². The lowest BCUT2D eigenvalue weighted by molar-refractivity contribution is 0.0980. The summed E-state index contributed by atoms with van der Waals surface area (Å²) in [5.41, 5.74) is 1.03. The molecule has 124 valence electrons. The maximum Gasteiger partial charge on any atom is 0.262 e. The van der Waals surface area contributed by atoms with Crippen molar-refractivity contribution in [1.29, 1.82) is 0 Å². The van der Waals surface area contributed by atoms with Crippen LogP contribution in [0.4, 0.5) is 5.69 Å². The summed E-state index contributed by atoms with van der Waals surface area (Å²) in [5, 5.41) is 1.17. The molecule has 0 fully saturated rings. The number of hydrogen-bond donors (Lipinski definition) is 0. The topological polar surface area (TPSA) is 63.7 Å². The number of hydrogen-bond acceptors (Lipinski definition) is 4. The highest BCUT2D eigenvalue weighted by molar-refractivity contribution is 7.94. The molecule has 0 aromatic heterocycles. The van der Waals surface area contributed by atoms with Crippen LogP contribution >= 0.6 is 0 Å². The number of carbonyl (C=O) groups is 1. The number of ether oxygens (including phenoxy) is 1. The first-order chi connectivity index (χ1) is 11.5. The van der Waals surface area contributed by atoms with Gasteiger partial charge >= 0.3 is 0 Å². The molecule has 5 nitrogen and oxygen atoms in total. The van der Waals surface area contributed by atoms with Gasteiger partial charge in [0, 0.05) is 11.1 Å². The predicted molar refractivity (Wildman–Crippen MR) is 93.0 cm³/mol. The first-order valence-corrected chi connectivity index (χ1v) is 9.16. The Morgan fingerprint density at radius 2 is 1.75 bits per heavy atom. The number of carbonyl (C=O) groups excluding carboxylic acids is 1. The molecule has 0 saturated heterocycles. The number of nitrogens with zero attached hydrogens (tertiary/aromatic N) is 1. The SMILES string of the molecule is COc1ccccc1C(=O)N(c1ccccc1)[C@H]1C=CS(=O)(=O)C1. The minimum absolute atomic E-state index is 0.122. The van der Waals surface area contributed by atoms with E-state index < -0.39 is 15.9 Å². The number of rotatable bonds is 4. The lowest BCUT2D eigenvalue weighted by Gasteiger charge is -2.28. The summed E-state index contributed by atoms with van der Waals surface area (Å²) in [6.07, 6.45) is 1.55. The second-order valence-corrected chi connectivity index (χ2v) is 7.37. The number of anilines is 1. The van der Waals surface area contributed by atoms with Gasteiger partial charge in [-0.1, -0.05) is 30.3 Å². The van der Waals surface area contributed by atoms with Crippen molar-refractivity contribution in [2.24, 2.45) is 0 Å². The van der Waals surface area contributed by atoms with E-state index in [0.29, 0.717) is 17.0 Å². The fraction of sp³-hybridized carbons (Fsp3) is 0.167. The van der Waals surface area contributed by atoms with Crippen molar-refractivity contribution in [3.05, 3.63) is 71.6 Å². The molecule has 0 N–H and O–H groups in total. The van der Waals surface area contributed by atoms with Crippen LogP contribution in [0.15, 0.2) is 66.1 Å². The molecule has 6 heteroatoms. The Kier molecular flexibility index (Phi) is 4.40. The van der Waals surface area contributed by atoms with E-state index in [4.69, 9.17) is 4.74 Å². The van der Waals surface area contributed by atoms with E-state index in [1.54, 1.807) is 42.5 Å². The molecule has 0 bridgehead atoms. The summed E-state index contributed by atoms with van der Waals surface area (Å²) >= 11 is 0. The Morgan fingerprint density at radius 3 is 2.38 bits per heavy atom. The zero-order chi connectivity index (χ0) is 17.2. The first-order valence-electron chi connectivity index (χ1n) is 7.44. The van der Waals surface area contributed by atoms with Crippen LogP contribution in [0.2, 0.25) is 0 Å². The Morgan fingerprint density at radius 1 is 1.08 bits per heavy atom. The largest absolute Gasteiger partial charge is 0.496 e. The molecule has 1 aliphatic rings. The number of benzene rings is 2. The maximum absolute atomic E-state index is 13.1. The summed E-state index contributed by atoms with van der Waals surface area (Å²) in [6.45, 7) is 0. The van der Waals surface area contributed by atoms with E-state index in [2.05, 4.69) is 0 Å². The fourth-order valence-electron chi connectivity index (χ4n) is 2.72. The molecule has 0 unspecified atom stereocenters. The standard InChI is InChI=1S/C18H17NO4S/c1-23-17-10-6-5-9-16(17)18(20)19(14-7-3-2-4-8-14)15-11-12-24(21,22)13-15/h2-12,15H,13H2,1H3/t15-/m0/s1. The maximum atomic E-state index is 13.1. The van der Waals surface area contributed by atoms with Gasteiger partial charge in [-0.05, 0) is 30.3 Å². The average molecular weight is 343 g/mol. The highest BCUT2D eigenvalue weighted by Crippen LogP contribution is 2.27. The quantitative estimate of drug-likeness (QED) is 0.856. The van der Waals surface area contributed by atoms with Crippen LogP contribution in [0, 0.1) is 0 Å². The van der Waals surface area contributed by atoms with Crippen LogP contribution in [-0.4, -0.2) is 33.2 Å². The molecule has 24 heavy (non-hydrogen) atoms. The van der Waals surface area contributed by atoms with Crippen LogP contribution in [0.25, 0.3) is 0 Å². The van der Waals surface area contributed by atoms with E-state index in [-0.39, 0.29) is 11.7 Å². The fourth-order valence-corrected chi connectivity index (χ4v) is 3.99. The lowest BCUT2D eigenvalue weighted by Crippen LogP contribution is -2.41. The minimum atomic E-state index is -3.29. The van der Waals surface area contributed by atoms with Gasteiger partial charge in [-0.2, -0.15) is 0 Å². The van der Waals surface area contributed by atoms with Crippen molar-refractivity contribution in [2.75, 3.05) is 17.8 Å². The van der Waals surface area contributed by atoms with Gasteiger partial charge in [0.1, 0.15) is 5.75 Å². The molecule has 0 saturated carbocycles. The third-order valence-electron chi connectivity index (χ3n) is 3.83. The van der Waals surface area contributed by atoms with Crippen molar-refractivity contribution in [1.82, 2.24) is 0 Å². The third-order valence-corrected chi connectivity index (χ3v) is 5.21. The highest BCUT2D eigenvalue weighted by Gasteiger charge is 2.32. The minimum Gasteiger partial charge on any atom is -0.496 e. The summed E-state index contributed by atoms with van der Waals surface area (Å²) in [5.74, 6) is 0.0293. The molecule has 1 amide bonds. The molecule has 1 aliphatic heterocycles. The second kappa shape index (κ2) is 6.49. The molecular formula is C18H17NO4S. The van der Waals surface area contributed by atoms with Crippen LogP contribution in [0.5, 0.6) is 5.75 Å². The zero-order valence-electron chi connectivity index (χ0n) is 13.1. The van der Waals surface area contributed by atoms with E-state index in [1.165, 1.54) is 17.4 Å². The Hall–Kier alpha value is -2.60. The smallest absolute Gasteiger partial charge is 0.262 e. The number of para-hydroxylation sites is 2. The molecule has 2 aromatic rings. The van der Waals surface area contributed by atoms with Gasteiger partial charge in [-0.3, -0.25) is 4.79 Å². The van der Waals surface area contributed by atoms with E-state index in [0.717, 1.165) is 0 Å². The third kappa shape index (κ3) is 3.19. The first kappa shape index (κ1) is 16.3. The number of methoxy groups -OCH3 is 1. The van der Waals surface area contributed by atoms with Gasteiger partial charge in [0.15, 0.2) is 9.84 Å². The molecule has 1 atom stereocenters. The summed E-state index contributed by atoms with van der Waals surface area (Å²) < 4.78 is 28.9. The molecule has 3 rings (SSSR count). The Balaban J connectivity index is 2.05. The van der Waals surface area contributed by atoms with Crippen molar-refractivity contribution >= 4 is 21.4 Å². The second-order valence-electron chi connectivity index (χ2n) is 5.44. The molecular weight excluding hydrogens is 326 g/mol. The Labute approximate surface area is 141 Å². The summed E-state index contributed by atoms with van der Waals surface area (Å²) in [7, 11) is -1.79. The molecule has 2 aromatic carbocycles. The summed E-state index contributed by atoms with van der Waals surface area (Å²) in [4.78, 5) is 14.6. The normalized spacial score (nSPS) is 18.3. The molecule has 0 spiro atoms. The Bertz CT molecular complexity index is 875. The van der Waals surface area contributed by atoms with Gasteiger partial charge in [0.05, 0.1) is 24.5 Å². The molecule has 0 aliphatic carbocycles. The highest BCUT2D eigenvalue weighted by atomic mass is 32.2. The zero-order valence-corrected chi connectivity index (χ0v) is 13.9. The van der Waals surface area contributed by atoms with Gasteiger partial charge in [-0.25, -0.2) is 8.42 Å². The van der Waals surface area contributed by atoms with Gasteiger partial charge < -0.3 is 9.64 Å². The van der Waals surface area contributed by atoms with Crippen LogP contribution in [-0.2, 0) is 9.84 Å². The van der Waals surface area contributed by atoms with Crippen LogP contribution in [0.1, 0.15) is 10.4 Å². The van der Waals surface area contributed by atoms with Gasteiger partial charge in [-0.15, -0.1) is 0 Å². The summed E-state index contributed by atoms with van der Waals surface area (Å²) in [6, 6.07) is 15.4. The average Bonchev–Trinajstić information content (AvgIpc) is 2.95. The van der Waals surface area contributed by atoms with E-state index >= 15 is 0 Å². The molecule has 1 heterocycles. The molecule has 0 radical (unpaired) electrons. The monoisotopic (exact) mass is 343 g/mol. The van der Waals surface area contributed by atoms with Crippen LogP contribution < -0.4 is 9.64 Å². The van der Waals surface area contributed by atoms with Gasteiger partial charge in [0.2, 0.25) is 0 Å². The number of sulfone groups is 1. The van der Waals surface area contributed by atoms with Crippen molar-refractivity contribution < 1.29 is 17.9 Å². The van der Waals surface area contributed by atoms with Crippen LogP contribution in [0.3, 0.4) is 0 Å². The van der Waals surface area contributed by atoms with Crippen molar-refractivity contribution in [3.63, 3.8) is 0 Å². The lowest BCUT2D eigenvalue weighted by atomic mass is 10.1. The number of amides is 1. The van der Waals surface area contributed by atoms with Crippen molar-refractivity contribution in [2.45, 2.75) is 6.04 Å². The van der Waals surface area contributed by atoms with E-state index in [9.17, 15) is 13.2 Å². The van der Waals surface area contributed by atoms with Crippen molar-refractivity contribution in [3.8, 4) is 5.75 Å². The van der Waals surface area contributed by atoms with E-state index in [1.807, 2.05) is 18.2 Å². The predicted octanol–water partition coefficient (Wildman–Crippen LogP) is 2.65.